The summed E-state index contributed by atoms with van der Waals surface area (Å²) in [5.41, 5.74) is 1.39. The SMILES string of the molecule is CCCc1ccc(-c2sc(-c3ccc(-c4cccs4)s3)cc2C)s1. The Morgan fingerprint density at radius 1 is 0.792 bits per heavy atom. The summed E-state index contributed by atoms with van der Waals surface area (Å²) in [5.74, 6) is 0. The van der Waals surface area contributed by atoms with Gasteiger partial charge >= 0.3 is 0 Å². The molecule has 4 heterocycles. The second-order valence-corrected chi connectivity index (χ2v) is 10.0. The molecule has 0 nitrogen and oxygen atoms in total. The Balaban J connectivity index is 1.65. The number of hydrogen-bond donors (Lipinski definition) is 0. The van der Waals surface area contributed by atoms with E-state index >= 15 is 0 Å². The highest BCUT2D eigenvalue weighted by Gasteiger charge is 2.13. The molecule has 4 aromatic heterocycles. The van der Waals surface area contributed by atoms with Crippen LogP contribution in [0.1, 0.15) is 23.8 Å². The van der Waals surface area contributed by atoms with Gasteiger partial charge in [-0.05, 0) is 60.7 Å². The minimum Gasteiger partial charge on any atom is -0.143 e. The minimum atomic E-state index is 1.19. The molecule has 4 heteroatoms. The van der Waals surface area contributed by atoms with Crippen molar-refractivity contribution in [2.75, 3.05) is 0 Å². The topological polar surface area (TPSA) is 0 Å². The van der Waals surface area contributed by atoms with Gasteiger partial charge in [0.1, 0.15) is 0 Å². The molecular formula is C20H18S4. The minimum absolute atomic E-state index is 1.19. The molecule has 0 N–H and O–H groups in total. The van der Waals surface area contributed by atoms with E-state index in [9.17, 15) is 0 Å². The Labute approximate surface area is 159 Å². The van der Waals surface area contributed by atoms with Crippen LogP contribution in [0.4, 0.5) is 0 Å². The van der Waals surface area contributed by atoms with Crippen molar-refractivity contribution in [2.24, 2.45) is 0 Å². The molecule has 0 bridgehead atoms. The van der Waals surface area contributed by atoms with Crippen LogP contribution >= 0.6 is 45.3 Å². The van der Waals surface area contributed by atoms with Crippen molar-refractivity contribution in [3.8, 4) is 29.3 Å². The van der Waals surface area contributed by atoms with Crippen LogP contribution < -0.4 is 0 Å². The number of rotatable bonds is 5. The van der Waals surface area contributed by atoms with Crippen molar-refractivity contribution in [2.45, 2.75) is 26.7 Å². The van der Waals surface area contributed by atoms with E-state index in [4.69, 9.17) is 0 Å². The maximum Gasteiger partial charge on any atom is 0.0478 e. The van der Waals surface area contributed by atoms with Crippen molar-refractivity contribution in [1.29, 1.82) is 0 Å². The van der Waals surface area contributed by atoms with Crippen LogP contribution in [0.5, 0.6) is 0 Å². The van der Waals surface area contributed by atoms with E-state index in [0.29, 0.717) is 0 Å². The van der Waals surface area contributed by atoms with Gasteiger partial charge in [-0.3, -0.25) is 0 Å². The molecule has 0 fully saturated rings. The summed E-state index contributed by atoms with van der Waals surface area (Å²) in [5, 5.41) is 2.15. The third kappa shape index (κ3) is 3.16. The molecule has 4 aromatic rings. The molecule has 0 saturated heterocycles. The van der Waals surface area contributed by atoms with E-state index in [1.54, 1.807) is 0 Å². The van der Waals surface area contributed by atoms with Crippen molar-refractivity contribution in [3.05, 3.63) is 58.3 Å². The third-order valence-electron chi connectivity index (χ3n) is 3.91. The summed E-state index contributed by atoms with van der Waals surface area (Å²) in [7, 11) is 0. The van der Waals surface area contributed by atoms with Gasteiger partial charge < -0.3 is 0 Å². The average Bonchev–Trinajstić information content (AvgIpc) is 3.34. The van der Waals surface area contributed by atoms with Gasteiger partial charge in [-0.2, -0.15) is 0 Å². The molecule has 0 saturated carbocycles. The Hall–Kier alpha value is -1.20. The second kappa shape index (κ2) is 6.96. The van der Waals surface area contributed by atoms with Gasteiger partial charge in [0.05, 0.1) is 0 Å². The Morgan fingerprint density at radius 2 is 1.58 bits per heavy atom. The predicted molar refractivity (Wildman–Crippen MR) is 113 cm³/mol. The number of thiophene rings is 4. The lowest BCUT2D eigenvalue weighted by Crippen LogP contribution is -1.72. The fourth-order valence-electron chi connectivity index (χ4n) is 2.75. The summed E-state index contributed by atoms with van der Waals surface area (Å²) < 4.78 is 0. The molecule has 122 valence electrons. The van der Waals surface area contributed by atoms with E-state index < -0.39 is 0 Å². The molecule has 0 aromatic carbocycles. The fraction of sp³-hybridized carbons (Fsp3) is 0.200. The molecule has 0 amide bonds. The first-order valence-corrected chi connectivity index (χ1v) is 11.4. The zero-order chi connectivity index (χ0) is 16.5. The van der Waals surface area contributed by atoms with Crippen LogP contribution in [-0.4, -0.2) is 0 Å². The highest BCUT2D eigenvalue weighted by molar-refractivity contribution is 7.28. The van der Waals surface area contributed by atoms with Crippen LogP contribution in [0.2, 0.25) is 0 Å². The van der Waals surface area contributed by atoms with E-state index in [0.717, 1.165) is 0 Å². The molecule has 0 aliphatic heterocycles. The summed E-state index contributed by atoms with van der Waals surface area (Å²) in [4.78, 5) is 9.85. The zero-order valence-electron chi connectivity index (χ0n) is 13.7. The van der Waals surface area contributed by atoms with Crippen molar-refractivity contribution in [1.82, 2.24) is 0 Å². The van der Waals surface area contributed by atoms with E-state index in [1.165, 1.54) is 52.5 Å². The lowest BCUT2D eigenvalue weighted by molar-refractivity contribution is 0.940. The van der Waals surface area contributed by atoms with Gasteiger partial charge in [0.15, 0.2) is 0 Å². The summed E-state index contributed by atoms with van der Waals surface area (Å²) in [6.07, 6.45) is 2.41. The highest BCUT2D eigenvalue weighted by Crippen LogP contribution is 2.44. The standard InChI is InChI=1S/C20H18S4/c1-3-5-14-7-8-18(22-14)20-13(2)12-19(24-20)17-10-9-16(23-17)15-6-4-11-21-15/h4,6-12H,3,5H2,1-2H3. The predicted octanol–water partition coefficient (Wildman–Crippen LogP) is 8.19. The van der Waals surface area contributed by atoms with Gasteiger partial charge in [-0.15, -0.1) is 45.3 Å². The van der Waals surface area contributed by atoms with Gasteiger partial charge in [-0.25, -0.2) is 0 Å². The maximum absolute atomic E-state index is 2.35. The molecule has 24 heavy (non-hydrogen) atoms. The van der Waals surface area contributed by atoms with Crippen molar-refractivity contribution >= 4 is 45.3 Å². The molecule has 0 aliphatic rings. The van der Waals surface area contributed by atoms with Gasteiger partial charge in [-0.1, -0.05) is 19.4 Å². The quantitative estimate of drug-likeness (QED) is 0.324. The lowest BCUT2D eigenvalue weighted by atomic mass is 10.2. The van der Waals surface area contributed by atoms with Crippen molar-refractivity contribution < 1.29 is 0 Å². The van der Waals surface area contributed by atoms with E-state index in [1.807, 2.05) is 45.3 Å². The summed E-state index contributed by atoms with van der Waals surface area (Å²) in [6.45, 7) is 4.48. The molecule has 0 spiro atoms. The molecule has 0 atom stereocenters. The Kier molecular flexibility index (Phi) is 4.72. The summed E-state index contributed by atoms with van der Waals surface area (Å²) >= 11 is 7.60. The lowest BCUT2D eigenvalue weighted by Gasteiger charge is -1.94. The van der Waals surface area contributed by atoms with Gasteiger partial charge in [0.2, 0.25) is 0 Å². The third-order valence-corrected chi connectivity index (χ3v) is 8.82. The zero-order valence-corrected chi connectivity index (χ0v) is 16.9. The van der Waals surface area contributed by atoms with Crippen LogP contribution in [0, 0.1) is 6.92 Å². The number of aryl methyl sites for hydroxylation is 2. The van der Waals surface area contributed by atoms with Crippen LogP contribution in [0.25, 0.3) is 29.3 Å². The molecule has 0 unspecified atom stereocenters. The fourth-order valence-corrected chi connectivity index (χ4v) is 7.13. The van der Waals surface area contributed by atoms with Gasteiger partial charge in [0, 0.05) is 34.1 Å². The first-order valence-electron chi connectivity index (χ1n) is 8.08. The molecular weight excluding hydrogens is 368 g/mol. The second-order valence-electron chi connectivity index (χ2n) is 5.78. The smallest absolute Gasteiger partial charge is 0.0478 e. The Morgan fingerprint density at radius 3 is 2.33 bits per heavy atom. The maximum atomic E-state index is 2.35. The average molecular weight is 387 g/mol. The van der Waals surface area contributed by atoms with Gasteiger partial charge in [0.25, 0.3) is 0 Å². The molecule has 0 aliphatic carbocycles. The highest BCUT2D eigenvalue weighted by atomic mass is 32.1. The van der Waals surface area contributed by atoms with E-state index in [2.05, 4.69) is 61.7 Å². The monoisotopic (exact) mass is 386 g/mol. The van der Waals surface area contributed by atoms with E-state index in [-0.39, 0.29) is 0 Å². The number of hydrogen-bond acceptors (Lipinski definition) is 4. The first kappa shape index (κ1) is 16.3. The van der Waals surface area contributed by atoms with Crippen LogP contribution in [0.3, 0.4) is 0 Å². The van der Waals surface area contributed by atoms with Crippen LogP contribution in [-0.2, 0) is 6.42 Å². The molecule has 4 rings (SSSR count). The van der Waals surface area contributed by atoms with Crippen molar-refractivity contribution in [3.63, 3.8) is 0 Å². The largest absolute Gasteiger partial charge is 0.143 e. The summed E-state index contributed by atoms with van der Waals surface area (Å²) in [6, 6.07) is 15.8. The Bertz CT molecular complexity index is 934. The first-order chi connectivity index (χ1) is 11.7. The molecule has 0 radical (unpaired) electrons. The van der Waals surface area contributed by atoms with Crippen LogP contribution in [0.15, 0.2) is 47.8 Å². The normalized spacial score (nSPS) is 11.2.